The summed E-state index contributed by atoms with van der Waals surface area (Å²) in [4.78, 5) is 23.8. The molecule has 0 radical (unpaired) electrons. The van der Waals surface area contributed by atoms with Crippen molar-refractivity contribution in [1.29, 1.82) is 0 Å². The maximum atomic E-state index is 11.9. The Morgan fingerprint density at radius 2 is 1.90 bits per heavy atom. The van der Waals surface area contributed by atoms with E-state index in [9.17, 15) is 9.59 Å². The van der Waals surface area contributed by atoms with Crippen LogP contribution in [0.5, 0.6) is 11.5 Å². The van der Waals surface area contributed by atoms with Crippen molar-refractivity contribution in [3.63, 3.8) is 0 Å². The number of anilines is 1. The van der Waals surface area contributed by atoms with E-state index in [0.717, 1.165) is 25.9 Å². The van der Waals surface area contributed by atoms with Crippen LogP contribution < -0.4 is 25.4 Å². The van der Waals surface area contributed by atoms with Crippen LogP contribution in [0.25, 0.3) is 0 Å². The highest BCUT2D eigenvalue weighted by Gasteiger charge is 2.22. The van der Waals surface area contributed by atoms with Gasteiger partial charge < -0.3 is 20.1 Å². The molecule has 0 spiro atoms. The summed E-state index contributed by atoms with van der Waals surface area (Å²) in [5, 5.41) is 8.18. The molecule has 2 aliphatic rings. The smallest absolute Gasteiger partial charge is 0.325 e. The molecule has 3 rings (SSSR count). The molecule has 112 valence electrons. The Hall–Kier alpha value is -2.28. The number of rotatable bonds is 2. The van der Waals surface area contributed by atoms with E-state index in [0.29, 0.717) is 17.2 Å². The van der Waals surface area contributed by atoms with E-state index in [1.165, 1.54) is 0 Å². The molecule has 3 amide bonds. The van der Waals surface area contributed by atoms with Gasteiger partial charge in [-0.05, 0) is 38.1 Å². The van der Waals surface area contributed by atoms with Crippen LogP contribution in [-0.2, 0) is 4.79 Å². The molecular weight excluding hydrogens is 274 g/mol. The highest BCUT2D eigenvalue weighted by atomic mass is 16.7. The Balaban J connectivity index is 1.55. The van der Waals surface area contributed by atoms with Crippen molar-refractivity contribution < 1.29 is 19.1 Å². The zero-order valence-electron chi connectivity index (χ0n) is 11.5. The van der Waals surface area contributed by atoms with Gasteiger partial charge in [-0.2, -0.15) is 0 Å². The lowest BCUT2D eigenvalue weighted by atomic mass is 9.97. The predicted octanol–water partition coefficient (Wildman–Crippen LogP) is 1.06. The second-order valence-electron chi connectivity index (χ2n) is 5.04. The lowest BCUT2D eigenvalue weighted by molar-refractivity contribution is -0.124. The molecule has 0 atom stereocenters. The average molecular weight is 291 g/mol. The van der Waals surface area contributed by atoms with Gasteiger partial charge in [-0.3, -0.25) is 10.1 Å². The van der Waals surface area contributed by atoms with Crippen LogP contribution in [0.1, 0.15) is 12.8 Å². The van der Waals surface area contributed by atoms with Crippen LogP contribution in [0.4, 0.5) is 10.5 Å². The Kier molecular flexibility index (Phi) is 3.92. The van der Waals surface area contributed by atoms with Crippen LogP contribution in [0, 0.1) is 5.92 Å². The summed E-state index contributed by atoms with van der Waals surface area (Å²) in [6, 6.07) is 4.54. The average Bonchev–Trinajstić information content (AvgIpc) is 2.95. The number of carbonyl (C=O) groups excluding carboxylic acids is 2. The zero-order valence-corrected chi connectivity index (χ0v) is 11.5. The van der Waals surface area contributed by atoms with E-state index < -0.39 is 6.03 Å². The third kappa shape index (κ3) is 3.25. The number of nitrogens with one attached hydrogen (secondary N) is 3. The van der Waals surface area contributed by atoms with Gasteiger partial charge >= 0.3 is 6.03 Å². The lowest BCUT2D eigenvalue weighted by Crippen LogP contribution is -2.42. The number of benzene rings is 1. The maximum absolute atomic E-state index is 11.9. The third-order valence-electron chi connectivity index (χ3n) is 3.58. The standard InChI is InChI=1S/C14H17N3O4/c18-13(9-3-5-15-6-4-9)17-14(19)16-10-1-2-11-12(7-10)21-8-20-11/h1-2,7,9,15H,3-6,8H2,(H2,16,17,18,19). The van der Waals surface area contributed by atoms with E-state index in [1.54, 1.807) is 18.2 Å². The number of ether oxygens (including phenoxy) is 2. The van der Waals surface area contributed by atoms with Gasteiger partial charge in [-0.15, -0.1) is 0 Å². The summed E-state index contributed by atoms with van der Waals surface area (Å²) in [6.07, 6.45) is 1.51. The maximum Gasteiger partial charge on any atom is 0.325 e. The molecule has 2 aliphatic heterocycles. The molecule has 7 heteroatoms. The van der Waals surface area contributed by atoms with Gasteiger partial charge in [-0.1, -0.05) is 0 Å². The van der Waals surface area contributed by atoms with Crippen molar-refractivity contribution in [2.45, 2.75) is 12.8 Å². The molecule has 2 heterocycles. The quantitative estimate of drug-likeness (QED) is 0.758. The minimum Gasteiger partial charge on any atom is -0.454 e. The first-order valence-electron chi connectivity index (χ1n) is 6.94. The summed E-state index contributed by atoms with van der Waals surface area (Å²) in [5.74, 6) is 0.896. The van der Waals surface area contributed by atoms with E-state index in [2.05, 4.69) is 16.0 Å². The number of piperidine rings is 1. The minimum absolute atomic E-state index is 0.103. The number of carbonyl (C=O) groups is 2. The molecule has 1 aromatic carbocycles. The molecule has 21 heavy (non-hydrogen) atoms. The molecule has 7 nitrogen and oxygen atoms in total. The first-order chi connectivity index (χ1) is 10.2. The van der Waals surface area contributed by atoms with Crippen molar-refractivity contribution in [1.82, 2.24) is 10.6 Å². The molecule has 0 aromatic heterocycles. The SMILES string of the molecule is O=C(NC(=O)C1CCNCC1)Nc1ccc2c(c1)OCO2. The topological polar surface area (TPSA) is 88.7 Å². The fourth-order valence-corrected chi connectivity index (χ4v) is 2.43. The van der Waals surface area contributed by atoms with E-state index >= 15 is 0 Å². The van der Waals surface area contributed by atoms with Crippen molar-refractivity contribution >= 4 is 17.6 Å². The minimum atomic E-state index is -0.530. The second-order valence-corrected chi connectivity index (χ2v) is 5.04. The number of hydrogen-bond acceptors (Lipinski definition) is 5. The van der Waals surface area contributed by atoms with Crippen molar-refractivity contribution in [2.75, 3.05) is 25.2 Å². The summed E-state index contributed by atoms with van der Waals surface area (Å²) in [7, 11) is 0. The van der Waals surface area contributed by atoms with E-state index in [1.807, 2.05) is 0 Å². The molecule has 1 fully saturated rings. The lowest BCUT2D eigenvalue weighted by Gasteiger charge is -2.21. The number of urea groups is 1. The van der Waals surface area contributed by atoms with Gasteiger partial charge in [0.25, 0.3) is 0 Å². The van der Waals surface area contributed by atoms with Crippen LogP contribution in [-0.4, -0.2) is 31.8 Å². The van der Waals surface area contributed by atoms with Crippen LogP contribution in [0.3, 0.4) is 0 Å². The Morgan fingerprint density at radius 1 is 1.14 bits per heavy atom. The van der Waals surface area contributed by atoms with Crippen LogP contribution >= 0.6 is 0 Å². The monoisotopic (exact) mass is 291 g/mol. The van der Waals surface area contributed by atoms with Crippen LogP contribution in [0.15, 0.2) is 18.2 Å². The second kappa shape index (κ2) is 6.01. The summed E-state index contributed by atoms with van der Waals surface area (Å²) in [6.45, 7) is 1.79. The Bertz CT molecular complexity index is 555. The Labute approximate surface area is 122 Å². The molecule has 3 N–H and O–H groups in total. The molecule has 0 unspecified atom stereocenters. The number of amides is 3. The Morgan fingerprint density at radius 3 is 2.71 bits per heavy atom. The first-order valence-corrected chi connectivity index (χ1v) is 6.94. The van der Waals surface area contributed by atoms with Crippen molar-refractivity contribution in [2.24, 2.45) is 5.92 Å². The number of hydrogen-bond donors (Lipinski definition) is 3. The van der Waals surface area contributed by atoms with E-state index in [4.69, 9.17) is 9.47 Å². The summed E-state index contributed by atoms with van der Waals surface area (Å²) < 4.78 is 10.4. The molecular formula is C14H17N3O4. The van der Waals surface area contributed by atoms with Gasteiger partial charge in [0.15, 0.2) is 11.5 Å². The van der Waals surface area contributed by atoms with E-state index in [-0.39, 0.29) is 18.6 Å². The van der Waals surface area contributed by atoms with Gasteiger partial charge in [0.2, 0.25) is 12.7 Å². The highest BCUT2D eigenvalue weighted by Crippen LogP contribution is 2.34. The molecule has 1 saturated heterocycles. The van der Waals surface area contributed by atoms with Gasteiger partial charge in [0, 0.05) is 17.7 Å². The fourth-order valence-electron chi connectivity index (χ4n) is 2.43. The summed E-state index contributed by atoms with van der Waals surface area (Å²) in [5.41, 5.74) is 0.551. The normalized spacial score (nSPS) is 17.3. The van der Waals surface area contributed by atoms with Gasteiger partial charge in [0.05, 0.1) is 0 Å². The number of fused-ring (bicyclic) bond motifs is 1. The summed E-state index contributed by atoms with van der Waals surface area (Å²) >= 11 is 0. The molecule has 0 saturated carbocycles. The van der Waals surface area contributed by atoms with Gasteiger partial charge in [0.1, 0.15) is 0 Å². The first kappa shape index (κ1) is 13.7. The van der Waals surface area contributed by atoms with Crippen molar-refractivity contribution in [3.8, 4) is 11.5 Å². The fraction of sp³-hybridized carbons (Fsp3) is 0.429. The number of imide groups is 1. The zero-order chi connectivity index (χ0) is 14.7. The largest absolute Gasteiger partial charge is 0.454 e. The molecule has 0 aliphatic carbocycles. The van der Waals surface area contributed by atoms with Crippen molar-refractivity contribution in [3.05, 3.63) is 18.2 Å². The molecule has 1 aromatic rings. The van der Waals surface area contributed by atoms with Gasteiger partial charge in [-0.25, -0.2) is 4.79 Å². The molecule has 0 bridgehead atoms. The third-order valence-corrected chi connectivity index (χ3v) is 3.58. The predicted molar refractivity (Wildman–Crippen MR) is 75.3 cm³/mol. The van der Waals surface area contributed by atoms with Crippen LogP contribution in [0.2, 0.25) is 0 Å². The highest BCUT2D eigenvalue weighted by molar-refractivity contribution is 6.02.